The number of benzene rings is 1. The van der Waals surface area contributed by atoms with Gasteiger partial charge < -0.3 is 9.64 Å². The third-order valence-electron chi connectivity index (χ3n) is 8.30. The summed E-state index contributed by atoms with van der Waals surface area (Å²) in [6, 6.07) is 5.70. The molecule has 3 heterocycles. The van der Waals surface area contributed by atoms with Gasteiger partial charge >= 0.3 is 6.02 Å². The van der Waals surface area contributed by atoms with Gasteiger partial charge in [0.1, 0.15) is 0 Å². The molecular formula is C28H37N3O2. The van der Waals surface area contributed by atoms with Gasteiger partial charge in [-0.15, -0.1) is 0 Å². The molecule has 1 amide bonds. The molecule has 0 atom stereocenters. The molecule has 2 saturated carbocycles. The van der Waals surface area contributed by atoms with Gasteiger partial charge in [-0.3, -0.25) is 9.69 Å². The molecule has 3 fully saturated rings. The Labute approximate surface area is 197 Å². The van der Waals surface area contributed by atoms with Crippen molar-refractivity contribution < 1.29 is 9.53 Å². The van der Waals surface area contributed by atoms with E-state index in [0.29, 0.717) is 17.8 Å². The molecule has 6 rings (SSSR count). The lowest BCUT2D eigenvalue weighted by atomic mass is 9.90. The van der Waals surface area contributed by atoms with Crippen LogP contribution in [0.25, 0.3) is 6.08 Å². The van der Waals surface area contributed by atoms with E-state index < -0.39 is 0 Å². The van der Waals surface area contributed by atoms with Crippen molar-refractivity contribution in [2.45, 2.75) is 102 Å². The largest absolute Gasteiger partial charge is 0.420 e. The third-order valence-corrected chi connectivity index (χ3v) is 8.30. The Bertz CT molecular complexity index is 938. The highest BCUT2D eigenvalue weighted by Gasteiger charge is 2.40. The monoisotopic (exact) mass is 447 g/mol. The second kappa shape index (κ2) is 9.15. The molecular weight excluding hydrogens is 410 g/mol. The Kier molecular flexibility index (Phi) is 5.89. The van der Waals surface area contributed by atoms with Gasteiger partial charge in [0.05, 0.1) is 6.04 Å². The SMILES string of the molecule is O=C1/C(=C\c2cc3c4c(c2)CCCN4CCC3)O/C(=N/C2CCCCC2)N1C1CCCCC1. The summed E-state index contributed by atoms with van der Waals surface area (Å²) in [6.07, 6.45) is 18.5. The van der Waals surface area contributed by atoms with Crippen molar-refractivity contribution in [2.75, 3.05) is 18.0 Å². The molecule has 1 saturated heterocycles. The van der Waals surface area contributed by atoms with Crippen LogP contribution >= 0.6 is 0 Å². The minimum Gasteiger partial charge on any atom is -0.420 e. The lowest BCUT2D eigenvalue weighted by Crippen LogP contribution is -2.41. The van der Waals surface area contributed by atoms with Crippen molar-refractivity contribution in [3.05, 3.63) is 34.6 Å². The standard InChI is InChI=1S/C28H37N3O2/c32-27-25(19-20-17-21-9-7-15-30-16-8-10-22(18-20)26(21)30)33-28(29-23-11-3-1-4-12-23)31(27)24-13-5-2-6-14-24/h17-19,23-24H,1-16H2/b25-19+,29-28+. The number of ether oxygens (including phenoxy) is 1. The zero-order chi connectivity index (χ0) is 22.2. The summed E-state index contributed by atoms with van der Waals surface area (Å²) in [7, 11) is 0. The van der Waals surface area contributed by atoms with E-state index in [1.54, 1.807) is 0 Å². The highest BCUT2D eigenvalue weighted by Crippen LogP contribution is 2.37. The van der Waals surface area contributed by atoms with E-state index in [1.165, 1.54) is 81.3 Å². The van der Waals surface area contributed by atoms with Crippen LogP contribution in [-0.2, 0) is 22.4 Å². The molecule has 33 heavy (non-hydrogen) atoms. The Morgan fingerprint density at radius 2 is 1.48 bits per heavy atom. The number of hydrogen-bond acceptors (Lipinski definition) is 4. The van der Waals surface area contributed by atoms with Gasteiger partial charge in [-0.2, -0.15) is 0 Å². The summed E-state index contributed by atoms with van der Waals surface area (Å²) < 4.78 is 6.28. The summed E-state index contributed by atoms with van der Waals surface area (Å²) >= 11 is 0. The fraction of sp³-hybridized carbons (Fsp3) is 0.643. The van der Waals surface area contributed by atoms with Crippen LogP contribution in [0, 0.1) is 0 Å². The number of amides is 1. The molecule has 176 valence electrons. The lowest BCUT2D eigenvalue weighted by Gasteiger charge is -2.37. The third kappa shape index (κ3) is 4.20. The van der Waals surface area contributed by atoms with Crippen molar-refractivity contribution in [3.63, 3.8) is 0 Å². The van der Waals surface area contributed by atoms with Crippen molar-refractivity contribution >= 4 is 23.7 Å². The summed E-state index contributed by atoms with van der Waals surface area (Å²) in [5.41, 5.74) is 5.46. The molecule has 5 nitrogen and oxygen atoms in total. The van der Waals surface area contributed by atoms with Gasteiger partial charge in [0.15, 0.2) is 5.76 Å². The second-order valence-electron chi connectivity index (χ2n) is 10.7. The van der Waals surface area contributed by atoms with Crippen LogP contribution in [0.3, 0.4) is 0 Å². The number of amidine groups is 1. The summed E-state index contributed by atoms with van der Waals surface area (Å²) in [4.78, 5) is 23.1. The van der Waals surface area contributed by atoms with Crippen molar-refractivity contribution in [1.29, 1.82) is 0 Å². The molecule has 2 aliphatic carbocycles. The normalized spacial score (nSPS) is 26.7. The van der Waals surface area contributed by atoms with E-state index in [0.717, 1.165) is 44.1 Å². The van der Waals surface area contributed by atoms with E-state index in [1.807, 2.05) is 11.0 Å². The Morgan fingerprint density at radius 3 is 2.15 bits per heavy atom. The first kappa shape index (κ1) is 21.2. The highest BCUT2D eigenvalue weighted by atomic mass is 16.5. The molecule has 0 radical (unpaired) electrons. The van der Waals surface area contributed by atoms with Gasteiger partial charge in [0, 0.05) is 24.8 Å². The maximum absolute atomic E-state index is 13.6. The Hall–Kier alpha value is -2.30. The molecule has 0 spiro atoms. The summed E-state index contributed by atoms with van der Waals surface area (Å²) in [5.74, 6) is 0.482. The first-order valence-corrected chi connectivity index (χ1v) is 13.5. The minimum atomic E-state index is 0.0180. The van der Waals surface area contributed by atoms with Crippen LogP contribution in [-0.4, -0.2) is 42.0 Å². The topological polar surface area (TPSA) is 45.1 Å². The van der Waals surface area contributed by atoms with E-state index in [9.17, 15) is 4.79 Å². The number of carbonyl (C=O) groups excluding carboxylic acids is 1. The average molecular weight is 448 g/mol. The number of aliphatic imine (C=N–C) groups is 1. The van der Waals surface area contributed by atoms with Crippen molar-refractivity contribution in [3.8, 4) is 0 Å². The first-order chi connectivity index (χ1) is 16.3. The fourth-order valence-corrected chi connectivity index (χ4v) is 6.67. The number of aryl methyl sites for hydroxylation is 2. The number of hydrogen-bond donors (Lipinski definition) is 0. The zero-order valence-electron chi connectivity index (χ0n) is 19.9. The maximum Gasteiger partial charge on any atom is 0.300 e. The average Bonchev–Trinajstić information content (AvgIpc) is 3.15. The van der Waals surface area contributed by atoms with Crippen LogP contribution < -0.4 is 4.90 Å². The van der Waals surface area contributed by atoms with Gasteiger partial charge in [-0.05, 0) is 86.3 Å². The Morgan fingerprint density at radius 1 is 0.848 bits per heavy atom. The van der Waals surface area contributed by atoms with Crippen molar-refractivity contribution in [2.24, 2.45) is 4.99 Å². The predicted molar refractivity (Wildman–Crippen MR) is 132 cm³/mol. The number of nitrogens with zero attached hydrogens (tertiary/aromatic N) is 3. The van der Waals surface area contributed by atoms with Crippen LogP contribution in [0.5, 0.6) is 0 Å². The van der Waals surface area contributed by atoms with Crippen LogP contribution in [0.15, 0.2) is 22.9 Å². The molecule has 0 aromatic heterocycles. The molecule has 1 aromatic carbocycles. The van der Waals surface area contributed by atoms with Gasteiger partial charge in [0.2, 0.25) is 0 Å². The summed E-state index contributed by atoms with van der Waals surface area (Å²) in [6.45, 7) is 2.36. The predicted octanol–water partition coefficient (Wildman–Crippen LogP) is 5.61. The number of carbonyl (C=O) groups is 1. The van der Waals surface area contributed by atoms with E-state index in [-0.39, 0.29) is 11.9 Å². The van der Waals surface area contributed by atoms with E-state index >= 15 is 0 Å². The molecule has 0 N–H and O–H groups in total. The minimum absolute atomic E-state index is 0.0180. The number of rotatable bonds is 3. The smallest absolute Gasteiger partial charge is 0.300 e. The zero-order valence-corrected chi connectivity index (χ0v) is 19.9. The fourth-order valence-electron chi connectivity index (χ4n) is 6.67. The van der Waals surface area contributed by atoms with Gasteiger partial charge in [-0.25, -0.2) is 4.99 Å². The second-order valence-corrected chi connectivity index (χ2v) is 10.7. The first-order valence-electron chi connectivity index (χ1n) is 13.5. The van der Waals surface area contributed by atoms with Crippen LogP contribution in [0.4, 0.5) is 5.69 Å². The molecule has 1 aromatic rings. The van der Waals surface area contributed by atoms with Gasteiger partial charge in [0.25, 0.3) is 5.91 Å². The van der Waals surface area contributed by atoms with E-state index in [2.05, 4.69) is 17.0 Å². The van der Waals surface area contributed by atoms with Crippen molar-refractivity contribution in [1.82, 2.24) is 4.90 Å². The molecule has 0 bridgehead atoms. The van der Waals surface area contributed by atoms with Crippen LogP contribution in [0.1, 0.15) is 93.7 Å². The molecule has 5 aliphatic rings. The quantitative estimate of drug-likeness (QED) is 0.566. The van der Waals surface area contributed by atoms with Crippen LogP contribution in [0.2, 0.25) is 0 Å². The number of anilines is 1. The maximum atomic E-state index is 13.6. The summed E-state index contributed by atoms with van der Waals surface area (Å²) in [5, 5.41) is 0. The Balaban J connectivity index is 1.33. The lowest BCUT2D eigenvalue weighted by molar-refractivity contribution is -0.124. The molecule has 5 heteroatoms. The highest BCUT2D eigenvalue weighted by molar-refractivity contribution is 6.11. The van der Waals surface area contributed by atoms with Gasteiger partial charge in [-0.1, -0.05) is 38.5 Å². The molecule has 0 unspecified atom stereocenters. The molecule has 3 aliphatic heterocycles. The van der Waals surface area contributed by atoms with E-state index in [4.69, 9.17) is 9.73 Å².